The quantitative estimate of drug-likeness (QED) is 0.0351. The molecule has 0 saturated heterocycles. The van der Waals surface area contributed by atoms with Crippen LogP contribution in [0.5, 0.6) is 0 Å². The van der Waals surface area contributed by atoms with Crippen LogP contribution in [0.3, 0.4) is 0 Å². The fourth-order valence-corrected chi connectivity index (χ4v) is 7.92. The van der Waals surface area contributed by atoms with Crippen LogP contribution in [0.4, 0.5) is 0 Å². The van der Waals surface area contributed by atoms with Gasteiger partial charge in [-0.15, -0.1) is 0 Å². The molecule has 1 aliphatic rings. The van der Waals surface area contributed by atoms with Gasteiger partial charge >= 0.3 is 0 Å². The largest absolute Gasteiger partial charge is 0.370 e. The maximum absolute atomic E-state index is 14.6. The minimum atomic E-state index is -1.27. The fourth-order valence-electron chi connectivity index (χ4n) is 7.92. The second kappa shape index (κ2) is 22.7. The third-order valence-electron chi connectivity index (χ3n) is 11.2. The number of nitrogens with one attached hydrogen (secondary N) is 5. The molecule has 0 heterocycles. The van der Waals surface area contributed by atoms with Crippen molar-refractivity contribution in [1.29, 1.82) is 0 Å². The molecule has 0 radical (unpaired) electrons. The van der Waals surface area contributed by atoms with E-state index in [4.69, 9.17) is 17.2 Å². The van der Waals surface area contributed by atoms with E-state index in [-0.39, 0.29) is 56.4 Å². The van der Waals surface area contributed by atoms with E-state index in [0.29, 0.717) is 32.1 Å². The second-order valence-corrected chi connectivity index (χ2v) is 15.9. The van der Waals surface area contributed by atoms with Crippen molar-refractivity contribution in [3.63, 3.8) is 0 Å². The molecule has 1 fully saturated rings. The molecule has 1 unspecified atom stereocenters. The van der Waals surface area contributed by atoms with E-state index in [2.05, 4.69) is 43.7 Å². The van der Waals surface area contributed by atoms with Gasteiger partial charge in [-0.2, -0.15) is 0 Å². The molecular formula is C47H59N9O6. The van der Waals surface area contributed by atoms with Crippen molar-refractivity contribution in [3.8, 4) is 0 Å². The topological polar surface area (TPSA) is 253 Å². The normalized spacial score (nSPS) is 17.3. The standard InChI is InChI=1S/C47H59N9O6/c1-2-12-41(58)56-47(24-22-35(23-25-47)33-15-7-4-8-16-33)45(62)55-39(28-31-13-5-3-6-14-31)44(61)53-37(19-11-26-51-46(49)50)43(60)54-38(42(59)52-30-40(48)57)29-32-20-21-34-17-9-10-18-36(34)27-32/h3-10,13-18,20-21,27,35,37-39H,2,11-12,19,22-26,28-30H2,1H3,(H2,48,57)(H,52,59)(H,53,61)(H,54,60)(H,55,62)(H,56,58)(H4,49,50,51)/t35?,37-,38?,39+,47?/m0/s1. The number of carbonyl (C=O) groups excluding carboxylic acids is 6. The average molecular weight is 846 g/mol. The zero-order valence-electron chi connectivity index (χ0n) is 35.2. The van der Waals surface area contributed by atoms with Crippen LogP contribution in [0.2, 0.25) is 0 Å². The van der Waals surface area contributed by atoms with Gasteiger partial charge < -0.3 is 43.8 Å². The monoisotopic (exact) mass is 845 g/mol. The zero-order chi connectivity index (χ0) is 44.5. The van der Waals surface area contributed by atoms with Gasteiger partial charge in [-0.25, -0.2) is 0 Å². The number of nitrogens with zero attached hydrogens (tertiary/aromatic N) is 1. The van der Waals surface area contributed by atoms with Crippen molar-refractivity contribution >= 4 is 52.2 Å². The second-order valence-electron chi connectivity index (χ2n) is 15.9. The number of amides is 6. The van der Waals surface area contributed by atoms with Crippen LogP contribution in [0.25, 0.3) is 10.8 Å². The third-order valence-corrected chi connectivity index (χ3v) is 11.2. The number of primary amides is 1. The summed E-state index contributed by atoms with van der Waals surface area (Å²) in [7, 11) is 0. The predicted octanol–water partition coefficient (Wildman–Crippen LogP) is 2.75. The van der Waals surface area contributed by atoms with Gasteiger partial charge in [-0.1, -0.05) is 110 Å². The molecule has 0 aliphatic heterocycles. The Bertz CT molecular complexity index is 2190. The van der Waals surface area contributed by atoms with Crippen molar-refractivity contribution in [3.05, 3.63) is 120 Å². The molecule has 3 atom stereocenters. The van der Waals surface area contributed by atoms with Gasteiger partial charge in [0, 0.05) is 25.8 Å². The third kappa shape index (κ3) is 13.6. The molecule has 0 bridgehead atoms. The summed E-state index contributed by atoms with van der Waals surface area (Å²) in [5, 5.41) is 16.1. The van der Waals surface area contributed by atoms with Crippen LogP contribution in [0, 0.1) is 0 Å². The zero-order valence-corrected chi connectivity index (χ0v) is 35.2. The van der Waals surface area contributed by atoms with Crippen molar-refractivity contribution in [2.75, 3.05) is 13.1 Å². The highest BCUT2D eigenvalue weighted by atomic mass is 16.2. The number of fused-ring (bicyclic) bond motifs is 1. The minimum absolute atomic E-state index is 0.0550. The van der Waals surface area contributed by atoms with Crippen LogP contribution in [0.1, 0.15) is 80.9 Å². The highest BCUT2D eigenvalue weighted by molar-refractivity contribution is 5.97. The van der Waals surface area contributed by atoms with E-state index in [0.717, 1.165) is 27.5 Å². The van der Waals surface area contributed by atoms with Crippen molar-refractivity contribution in [2.24, 2.45) is 22.2 Å². The number of benzene rings is 4. The van der Waals surface area contributed by atoms with Gasteiger partial charge in [-0.3, -0.25) is 33.8 Å². The Morgan fingerprint density at radius 2 is 1.29 bits per heavy atom. The first-order valence-corrected chi connectivity index (χ1v) is 21.3. The minimum Gasteiger partial charge on any atom is -0.370 e. The molecule has 5 rings (SSSR count). The van der Waals surface area contributed by atoms with E-state index >= 15 is 0 Å². The Hall–Kier alpha value is -6.77. The predicted molar refractivity (Wildman–Crippen MR) is 239 cm³/mol. The van der Waals surface area contributed by atoms with Crippen LogP contribution in [-0.2, 0) is 41.6 Å². The van der Waals surface area contributed by atoms with Crippen LogP contribution >= 0.6 is 0 Å². The van der Waals surface area contributed by atoms with E-state index in [1.165, 1.54) is 0 Å². The number of hydrogen-bond donors (Lipinski definition) is 8. The summed E-state index contributed by atoms with van der Waals surface area (Å²) in [6, 6.07) is 29.0. The number of nitrogens with two attached hydrogens (primary N) is 3. The number of rotatable bonds is 21. The van der Waals surface area contributed by atoms with Crippen molar-refractivity contribution < 1.29 is 28.8 Å². The fraction of sp³-hybridized carbons (Fsp3) is 0.383. The Labute approximate surface area is 362 Å². The lowest BCUT2D eigenvalue weighted by Gasteiger charge is -2.40. The summed E-state index contributed by atoms with van der Waals surface area (Å²) in [6.07, 6.45) is 3.30. The molecule has 0 spiro atoms. The summed E-state index contributed by atoms with van der Waals surface area (Å²) in [4.78, 5) is 85.7. The highest BCUT2D eigenvalue weighted by Gasteiger charge is 2.44. The maximum Gasteiger partial charge on any atom is 0.246 e. The number of carbonyl (C=O) groups is 6. The Morgan fingerprint density at radius 1 is 0.694 bits per heavy atom. The molecule has 1 aliphatic carbocycles. The molecule has 6 amide bonds. The molecule has 4 aromatic rings. The first kappa shape index (κ1) is 46.3. The van der Waals surface area contributed by atoms with Crippen LogP contribution in [-0.4, -0.2) is 78.2 Å². The van der Waals surface area contributed by atoms with Gasteiger partial charge in [-0.05, 0) is 78.3 Å². The summed E-state index contributed by atoms with van der Waals surface area (Å²) in [6.45, 7) is 1.59. The summed E-state index contributed by atoms with van der Waals surface area (Å²) >= 11 is 0. The number of guanidine groups is 1. The summed E-state index contributed by atoms with van der Waals surface area (Å²) in [5.41, 5.74) is 17.8. The highest BCUT2D eigenvalue weighted by Crippen LogP contribution is 2.38. The van der Waals surface area contributed by atoms with Crippen LogP contribution in [0.15, 0.2) is 108 Å². The Balaban J connectivity index is 1.41. The molecule has 0 aromatic heterocycles. The van der Waals surface area contributed by atoms with Crippen LogP contribution < -0.4 is 43.8 Å². The SMILES string of the molecule is CCCC(=O)NC1(C(=O)N[C@H](Cc2ccccc2)C(=O)N[C@@H](CCCN=C(N)N)C(=O)NC(Cc2ccc3ccccc3c2)C(=O)NCC(N)=O)CCC(c2ccccc2)CC1. The van der Waals surface area contributed by atoms with E-state index in [9.17, 15) is 28.8 Å². The smallest absolute Gasteiger partial charge is 0.246 e. The van der Waals surface area contributed by atoms with E-state index in [1.807, 2.05) is 97.9 Å². The molecule has 15 nitrogen and oxygen atoms in total. The molecular weight excluding hydrogens is 787 g/mol. The van der Waals surface area contributed by atoms with Gasteiger partial charge in [0.2, 0.25) is 35.4 Å². The molecule has 62 heavy (non-hydrogen) atoms. The first-order valence-electron chi connectivity index (χ1n) is 21.3. The molecule has 15 heteroatoms. The first-order chi connectivity index (χ1) is 29.9. The summed E-state index contributed by atoms with van der Waals surface area (Å²) < 4.78 is 0. The number of hydrogen-bond acceptors (Lipinski definition) is 7. The lowest BCUT2D eigenvalue weighted by Crippen LogP contribution is -2.64. The van der Waals surface area contributed by atoms with E-state index in [1.54, 1.807) is 0 Å². The molecule has 4 aromatic carbocycles. The van der Waals surface area contributed by atoms with Gasteiger partial charge in [0.15, 0.2) is 5.96 Å². The summed E-state index contributed by atoms with van der Waals surface area (Å²) in [5.74, 6) is -3.43. The van der Waals surface area contributed by atoms with Gasteiger partial charge in [0.1, 0.15) is 23.7 Å². The Kier molecular flexibility index (Phi) is 17.0. The van der Waals surface area contributed by atoms with Crippen molar-refractivity contribution in [2.45, 2.75) is 101 Å². The van der Waals surface area contributed by atoms with E-state index < -0.39 is 59.7 Å². The lowest BCUT2D eigenvalue weighted by molar-refractivity contribution is -0.138. The maximum atomic E-state index is 14.6. The Morgan fingerprint density at radius 3 is 1.95 bits per heavy atom. The molecule has 328 valence electrons. The van der Waals surface area contributed by atoms with Gasteiger partial charge in [0.05, 0.1) is 6.54 Å². The molecule has 1 saturated carbocycles. The van der Waals surface area contributed by atoms with Gasteiger partial charge in [0.25, 0.3) is 0 Å². The van der Waals surface area contributed by atoms with Crippen molar-refractivity contribution in [1.82, 2.24) is 26.6 Å². The number of aliphatic imine (C=N–C) groups is 1. The molecule has 11 N–H and O–H groups in total. The average Bonchev–Trinajstić information content (AvgIpc) is 3.26. The lowest BCUT2D eigenvalue weighted by atomic mass is 9.73.